The molecule has 0 N–H and O–H groups in total. The predicted molar refractivity (Wildman–Crippen MR) is 99.6 cm³/mol. The molecule has 0 spiro atoms. The van der Waals surface area contributed by atoms with Gasteiger partial charge in [-0.1, -0.05) is 0 Å². The molecule has 1 amide bonds. The fourth-order valence-electron chi connectivity index (χ4n) is 2.68. The Morgan fingerprint density at radius 2 is 1.88 bits per heavy atom. The minimum absolute atomic E-state index is 0.0873. The Bertz CT molecular complexity index is 961. The van der Waals surface area contributed by atoms with E-state index in [-0.39, 0.29) is 11.5 Å². The third-order valence-corrected chi connectivity index (χ3v) is 5.40. The van der Waals surface area contributed by atoms with Crippen LogP contribution < -0.4 is 0 Å². The van der Waals surface area contributed by atoms with Gasteiger partial charge in [0.1, 0.15) is 22.7 Å². The van der Waals surface area contributed by atoms with Crippen molar-refractivity contribution in [1.82, 2.24) is 9.47 Å². The van der Waals surface area contributed by atoms with Crippen molar-refractivity contribution in [2.24, 2.45) is 0 Å². The van der Waals surface area contributed by atoms with Crippen molar-refractivity contribution in [3.63, 3.8) is 0 Å². The number of hydrogen-bond acceptors (Lipinski definition) is 4. The summed E-state index contributed by atoms with van der Waals surface area (Å²) < 4.78 is 2.02. The second-order valence-electron chi connectivity index (χ2n) is 6.11. The maximum absolute atomic E-state index is 12.1. The number of likely N-dealkylation sites (N-methyl/N-ethyl adjacent to an activating group) is 1. The lowest BCUT2D eigenvalue weighted by Crippen LogP contribution is -2.22. The minimum Gasteiger partial charge on any atom is -0.344 e. The van der Waals surface area contributed by atoms with Gasteiger partial charge in [0, 0.05) is 30.4 Å². The molecule has 2 aromatic heterocycles. The van der Waals surface area contributed by atoms with Crippen molar-refractivity contribution < 1.29 is 4.79 Å². The first-order valence-electron chi connectivity index (χ1n) is 7.75. The number of thiophene rings is 1. The molecule has 6 heteroatoms. The number of amides is 1. The molecule has 0 unspecified atom stereocenters. The van der Waals surface area contributed by atoms with Gasteiger partial charge in [0.2, 0.25) is 0 Å². The molecule has 0 fully saturated rings. The summed E-state index contributed by atoms with van der Waals surface area (Å²) in [5.74, 6) is -0.326. The average Bonchev–Trinajstić information content (AvgIpc) is 3.00. The van der Waals surface area contributed by atoms with E-state index in [4.69, 9.17) is 0 Å². The topological polar surface area (TPSA) is 72.8 Å². The second kappa shape index (κ2) is 6.96. The molecular weight excluding hydrogens is 332 g/mol. The standard InChI is InChI=1S/C19H20N4OS/c1-11-7-15(8-16(9-20)18(24)22(5)6)13(3)23(11)19-17(10-21)12(2)14(4)25-19/h7-8H,1-6H3/b16-8-. The van der Waals surface area contributed by atoms with E-state index < -0.39 is 0 Å². The van der Waals surface area contributed by atoms with Crippen molar-refractivity contribution in [2.75, 3.05) is 14.1 Å². The molecule has 25 heavy (non-hydrogen) atoms. The Morgan fingerprint density at radius 3 is 2.40 bits per heavy atom. The van der Waals surface area contributed by atoms with Gasteiger partial charge in [-0.15, -0.1) is 11.3 Å². The van der Waals surface area contributed by atoms with Gasteiger partial charge in [0.15, 0.2) is 0 Å². The van der Waals surface area contributed by atoms with Crippen LogP contribution in [0.25, 0.3) is 11.1 Å². The summed E-state index contributed by atoms with van der Waals surface area (Å²) in [6.07, 6.45) is 1.61. The first-order valence-corrected chi connectivity index (χ1v) is 8.57. The van der Waals surface area contributed by atoms with Crippen LogP contribution in [0.5, 0.6) is 0 Å². The average molecular weight is 352 g/mol. The first kappa shape index (κ1) is 18.5. The largest absolute Gasteiger partial charge is 0.344 e. The van der Waals surface area contributed by atoms with Crippen molar-refractivity contribution in [1.29, 1.82) is 10.5 Å². The number of carbonyl (C=O) groups excluding carboxylic acids is 1. The number of aryl methyl sites for hydroxylation is 2. The number of rotatable bonds is 3. The van der Waals surface area contributed by atoms with Crippen LogP contribution in [0.3, 0.4) is 0 Å². The fourth-order valence-corrected chi connectivity index (χ4v) is 3.90. The summed E-state index contributed by atoms with van der Waals surface area (Å²) in [4.78, 5) is 14.6. The van der Waals surface area contributed by atoms with E-state index in [2.05, 4.69) is 6.07 Å². The van der Waals surface area contributed by atoms with Crippen LogP contribution in [0.1, 0.15) is 33.0 Å². The van der Waals surface area contributed by atoms with Gasteiger partial charge >= 0.3 is 0 Å². The lowest BCUT2D eigenvalue weighted by atomic mass is 10.1. The Morgan fingerprint density at radius 1 is 1.24 bits per heavy atom. The zero-order valence-electron chi connectivity index (χ0n) is 15.3. The monoisotopic (exact) mass is 352 g/mol. The predicted octanol–water partition coefficient (Wildman–Crippen LogP) is 3.64. The molecule has 0 aliphatic carbocycles. The van der Waals surface area contributed by atoms with Gasteiger partial charge in [0.25, 0.3) is 5.91 Å². The molecule has 0 atom stereocenters. The fraction of sp³-hybridized carbons (Fsp3) is 0.316. The van der Waals surface area contributed by atoms with Crippen molar-refractivity contribution in [3.05, 3.63) is 44.6 Å². The molecule has 2 rings (SSSR count). The molecule has 0 aromatic carbocycles. The lowest BCUT2D eigenvalue weighted by Gasteiger charge is -2.09. The maximum Gasteiger partial charge on any atom is 0.264 e. The van der Waals surface area contributed by atoms with Crippen molar-refractivity contribution in [3.8, 4) is 17.1 Å². The third-order valence-electron chi connectivity index (χ3n) is 4.21. The molecule has 0 aliphatic heterocycles. The molecule has 2 heterocycles. The summed E-state index contributed by atoms with van der Waals surface area (Å²) in [7, 11) is 3.24. The SMILES string of the molecule is Cc1sc(-n2c(C)cc(/C=C(/C#N)C(=O)N(C)C)c2C)c(C#N)c1C. The van der Waals surface area contributed by atoms with Gasteiger partial charge in [-0.25, -0.2) is 0 Å². The minimum atomic E-state index is -0.326. The van der Waals surface area contributed by atoms with Crippen LogP contribution in [0.15, 0.2) is 11.6 Å². The van der Waals surface area contributed by atoms with Crippen molar-refractivity contribution in [2.45, 2.75) is 27.7 Å². The number of nitrogens with zero attached hydrogens (tertiary/aromatic N) is 4. The molecule has 0 aliphatic rings. The highest BCUT2D eigenvalue weighted by Gasteiger charge is 2.19. The summed E-state index contributed by atoms with van der Waals surface area (Å²) >= 11 is 1.58. The molecule has 128 valence electrons. The van der Waals surface area contributed by atoms with E-state index >= 15 is 0 Å². The molecule has 0 saturated heterocycles. The van der Waals surface area contributed by atoms with E-state index in [0.29, 0.717) is 5.56 Å². The van der Waals surface area contributed by atoms with Gasteiger partial charge in [-0.3, -0.25) is 4.79 Å². The van der Waals surface area contributed by atoms with E-state index in [1.54, 1.807) is 31.5 Å². The summed E-state index contributed by atoms with van der Waals surface area (Å²) in [6, 6.07) is 6.20. The van der Waals surface area contributed by atoms with Crippen LogP contribution in [0, 0.1) is 50.4 Å². The summed E-state index contributed by atoms with van der Waals surface area (Å²) in [5, 5.41) is 19.7. The normalized spacial score (nSPS) is 11.1. The summed E-state index contributed by atoms with van der Waals surface area (Å²) in [5.41, 5.74) is 4.41. The lowest BCUT2D eigenvalue weighted by molar-refractivity contribution is -0.124. The van der Waals surface area contributed by atoms with Gasteiger partial charge in [0.05, 0.1) is 5.56 Å². The van der Waals surface area contributed by atoms with Crippen LogP contribution in [-0.4, -0.2) is 29.5 Å². The van der Waals surface area contributed by atoms with Crippen LogP contribution in [0.4, 0.5) is 0 Å². The smallest absolute Gasteiger partial charge is 0.264 e. The van der Waals surface area contributed by atoms with Gasteiger partial charge in [-0.05, 0) is 51.0 Å². The summed E-state index contributed by atoms with van der Waals surface area (Å²) in [6.45, 7) is 7.84. The molecule has 0 radical (unpaired) electrons. The Labute approximate surface area is 152 Å². The van der Waals surface area contributed by atoms with Gasteiger partial charge in [-0.2, -0.15) is 10.5 Å². The number of carbonyl (C=O) groups is 1. The van der Waals surface area contributed by atoms with Crippen LogP contribution in [-0.2, 0) is 4.79 Å². The Balaban J connectivity index is 2.65. The Hall–Kier alpha value is -2.83. The van der Waals surface area contributed by atoms with Crippen LogP contribution >= 0.6 is 11.3 Å². The highest BCUT2D eigenvalue weighted by Crippen LogP contribution is 2.33. The quantitative estimate of drug-likeness (QED) is 0.625. The van der Waals surface area contributed by atoms with Gasteiger partial charge < -0.3 is 9.47 Å². The van der Waals surface area contributed by atoms with E-state index in [9.17, 15) is 15.3 Å². The number of aromatic nitrogens is 1. The number of nitriles is 2. The Kier molecular flexibility index (Phi) is 5.15. The van der Waals surface area contributed by atoms with E-state index in [1.165, 1.54) is 4.90 Å². The molecule has 5 nitrogen and oxygen atoms in total. The molecule has 0 bridgehead atoms. The molecule has 2 aromatic rings. The first-order chi connectivity index (χ1) is 11.7. The molecular formula is C19H20N4OS. The van der Waals surface area contributed by atoms with E-state index in [0.717, 1.165) is 32.4 Å². The van der Waals surface area contributed by atoms with Crippen LogP contribution in [0.2, 0.25) is 0 Å². The second-order valence-corrected chi connectivity index (χ2v) is 7.31. The molecule has 0 saturated carbocycles. The van der Waals surface area contributed by atoms with Crippen molar-refractivity contribution >= 4 is 23.3 Å². The highest BCUT2D eigenvalue weighted by molar-refractivity contribution is 7.14. The maximum atomic E-state index is 12.1. The highest BCUT2D eigenvalue weighted by atomic mass is 32.1. The van der Waals surface area contributed by atoms with E-state index in [1.807, 2.05) is 44.4 Å². The third kappa shape index (κ3) is 3.22. The number of hydrogen-bond donors (Lipinski definition) is 0. The zero-order chi connectivity index (χ0) is 18.9. The zero-order valence-corrected chi connectivity index (χ0v) is 16.1.